The number of carbonyl (C=O) groups excluding carboxylic acids is 1. The third kappa shape index (κ3) is 5.11. The molecule has 0 radical (unpaired) electrons. The Kier molecular flexibility index (Phi) is 5.09. The third-order valence-electron chi connectivity index (χ3n) is 2.43. The van der Waals surface area contributed by atoms with Gasteiger partial charge in [-0.3, -0.25) is 4.79 Å². The Morgan fingerprint density at radius 1 is 1.26 bits per heavy atom. The zero-order chi connectivity index (χ0) is 14.5. The lowest BCUT2D eigenvalue weighted by atomic mass is 9.96. The van der Waals surface area contributed by atoms with Crippen LogP contribution in [0.4, 0.5) is 11.6 Å². The maximum absolute atomic E-state index is 10.7. The number of aromatic nitrogens is 2. The highest BCUT2D eigenvalue weighted by Crippen LogP contribution is 2.22. The van der Waals surface area contributed by atoms with Crippen molar-refractivity contribution in [2.45, 2.75) is 39.5 Å². The SMILES string of the molecule is CCNc1cc(NCCC(N)=O)nc(C(C)(C)C)n1. The van der Waals surface area contributed by atoms with Crippen molar-refractivity contribution in [1.29, 1.82) is 0 Å². The van der Waals surface area contributed by atoms with Crippen molar-refractivity contribution in [3.63, 3.8) is 0 Å². The van der Waals surface area contributed by atoms with Gasteiger partial charge in [0.2, 0.25) is 5.91 Å². The number of carbonyl (C=O) groups is 1. The average Bonchev–Trinajstić information content (AvgIpc) is 2.27. The highest BCUT2D eigenvalue weighted by Gasteiger charge is 2.19. The van der Waals surface area contributed by atoms with Gasteiger partial charge >= 0.3 is 0 Å². The van der Waals surface area contributed by atoms with E-state index in [0.717, 1.165) is 18.2 Å². The van der Waals surface area contributed by atoms with E-state index in [4.69, 9.17) is 5.73 Å². The summed E-state index contributed by atoms with van der Waals surface area (Å²) in [5.41, 5.74) is 4.98. The minimum absolute atomic E-state index is 0.133. The molecule has 0 saturated carbocycles. The molecule has 1 heterocycles. The summed E-state index contributed by atoms with van der Waals surface area (Å²) >= 11 is 0. The molecule has 1 rings (SSSR count). The average molecular weight is 265 g/mol. The normalized spacial score (nSPS) is 11.2. The molecule has 1 aromatic rings. The highest BCUT2D eigenvalue weighted by molar-refractivity contribution is 5.74. The zero-order valence-electron chi connectivity index (χ0n) is 12.1. The van der Waals surface area contributed by atoms with Crippen LogP contribution in [0.2, 0.25) is 0 Å². The molecule has 6 nitrogen and oxygen atoms in total. The van der Waals surface area contributed by atoms with Crippen molar-refractivity contribution in [2.24, 2.45) is 5.73 Å². The summed E-state index contributed by atoms with van der Waals surface area (Å²) in [7, 11) is 0. The van der Waals surface area contributed by atoms with E-state index >= 15 is 0 Å². The van der Waals surface area contributed by atoms with Crippen LogP contribution in [0.3, 0.4) is 0 Å². The Morgan fingerprint density at radius 3 is 2.32 bits per heavy atom. The van der Waals surface area contributed by atoms with Crippen LogP contribution in [0, 0.1) is 0 Å². The van der Waals surface area contributed by atoms with E-state index in [0.29, 0.717) is 12.4 Å². The van der Waals surface area contributed by atoms with Crippen LogP contribution >= 0.6 is 0 Å². The summed E-state index contributed by atoms with van der Waals surface area (Å²) < 4.78 is 0. The largest absolute Gasteiger partial charge is 0.370 e. The van der Waals surface area contributed by atoms with Crippen LogP contribution in [0.1, 0.15) is 39.9 Å². The molecule has 6 heteroatoms. The summed E-state index contributed by atoms with van der Waals surface area (Å²) in [5.74, 6) is 1.91. The molecule has 1 aromatic heterocycles. The second-order valence-electron chi connectivity index (χ2n) is 5.39. The highest BCUT2D eigenvalue weighted by atomic mass is 16.1. The predicted molar refractivity (Wildman–Crippen MR) is 77.2 cm³/mol. The fourth-order valence-electron chi connectivity index (χ4n) is 1.46. The summed E-state index contributed by atoms with van der Waals surface area (Å²) in [6.07, 6.45) is 0.283. The van der Waals surface area contributed by atoms with Crippen LogP contribution in [-0.4, -0.2) is 29.0 Å². The molecule has 0 spiro atoms. The number of nitrogens with two attached hydrogens (primary N) is 1. The lowest BCUT2D eigenvalue weighted by Crippen LogP contribution is -2.20. The molecule has 0 bridgehead atoms. The number of nitrogens with zero attached hydrogens (tertiary/aromatic N) is 2. The molecule has 0 aromatic carbocycles. The van der Waals surface area contributed by atoms with Crippen LogP contribution in [-0.2, 0) is 10.2 Å². The van der Waals surface area contributed by atoms with E-state index in [1.165, 1.54) is 0 Å². The first-order valence-electron chi connectivity index (χ1n) is 6.48. The second-order valence-corrected chi connectivity index (χ2v) is 5.39. The Labute approximate surface area is 114 Å². The van der Waals surface area contributed by atoms with E-state index in [1.807, 2.05) is 13.0 Å². The molecule has 0 aliphatic carbocycles. The number of primary amides is 1. The molecule has 106 valence electrons. The minimum atomic E-state index is -0.329. The van der Waals surface area contributed by atoms with Crippen molar-refractivity contribution in [3.8, 4) is 0 Å². The third-order valence-corrected chi connectivity index (χ3v) is 2.43. The van der Waals surface area contributed by atoms with E-state index < -0.39 is 0 Å². The second kappa shape index (κ2) is 6.36. The van der Waals surface area contributed by atoms with Crippen LogP contribution in [0.15, 0.2) is 6.07 Å². The monoisotopic (exact) mass is 265 g/mol. The molecule has 4 N–H and O–H groups in total. The first-order valence-corrected chi connectivity index (χ1v) is 6.48. The van der Waals surface area contributed by atoms with Crippen molar-refractivity contribution >= 4 is 17.5 Å². The molecule has 0 saturated heterocycles. The van der Waals surface area contributed by atoms with Crippen molar-refractivity contribution < 1.29 is 4.79 Å². The lowest BCUT2D eigenvalue weighted by molar-refractivity contribution is -0.117. The van der Waals surface area contributed by atoms with Gasteiger partial charge in [-0.05, 0) is 6.92 Å². The van der Waals surface area contributed by atoms with E-state index in [9.17, 15) is 4.79 Å². The van der Waals surface area contributed by atoms with Gasteiger partial charge in [-0.2, -0.15) is 0 Å². The number of rotatable bonds is 6. The first kappa shape index (κ1) is 15.2. The van der Waals surface area contributed by atoms with Gasteiger partial charge in [0, 0.05) is 31.0 Å². The Morgan fingerprint density at radius 2 is 1.84 bits per heavy atom. The smallest absolute Gasteiger partial charge is 0.219 e. The number of anilines is 2. The van der Waals surface area contributed by atoms with Crippen LogP contribution in [0.5, 0.6) is 0 Å². The van der Waals surface area contributed by atoms with E-state index in [-0.39, 0.29) is 17.7 Å². The van der Waals surface area contributed by atoms with Gasteiger partial charge in [0.05, 0.1) is 0 Å². The lowest BCUT2D eigenvalue weighted by Gasteiger charge is -2.19. The Hall–Kier alpha value is -1.85. The van der Waals surface area contributed by atoms with Gasteiger partial charge in [-0.15, -0.1) is 0 Å². The van der Waals surface area contributed by atoms with Crippen molar-refractivity contribution in [3.05, 3.63) is 11.9 Å². The van der Waals surface area contributed by atoms with Crippen molar-refractivity contribution in [1.82, 2.24) is 9.97 Å². The maximum atomic E-state index is 10.7. The summed E-state index contributed by atoms with van der Waals surface area (Å²) in [4.78, 5) is 19.7. The zero-order valence-corrected chi connectivity index (χ0v) is 12.1. The van der Waals surface area contributed by atoms with Crippen molar-refractivity contribution in [2.75, 3.05) is 23.7 Å². The molecule has 0 unspecified atom stereocenters. The Bertz CT molecular complexity index is 439. The predicted octanol–water partition coefficient (Wildman–Crippen LogP) is 1.49. The molecular weight excluding hydrogens is 242 g/mol. The van der Waals surface area contributed by atoms with Crippen LogP contribution < -0.4 is 16.4 Å². The maximum Gasteiger partial charge on any atom is 0.219 e. The van der Waals surface area contributed by atoms with E-state index in [2.05, 4.69) is 41.4 Å². The topological polar surface area (TPSA) is 92.9 Å². The van der Waals surface area contributed by atoms with Gasteiger partial charge in [0.25, 0.3) is 0 Å². The number of amides is 1. The molecule has 19 heavy (non-hydrogen) atoms. The number of hydrogen-bond donors (Lipinski definition) is 3. The molecule has 0 aliphatic heterocycles. The van der Waals surface area contributed by atoms with Crippen LogP contribution in [0.25, 0.3) is 0 Å². The standard InChI is InChI=1S/C13H23N5O/c1-5-15-10-8-11(16-7-6-9(14)19)18-12(17-10)13(2,3)4/h8H,5-7H2,1-4H3,(H2,14,19)(H2,15,16,17,18). The quantitative estimate of drug-likeness (QED) is 0.724. The summed E-state index contributed by atoms with van der Waals surface area (Å²) in [5, 5.41) is 6.27. The van der Waals surface area contributed by atoms with Gasteiger partial charge in [0.1, 0.15) is 17.5 Å². The molecule has 0 aliphatic rings. The van der Waals surface area contributed by atoms with Gasteiger partial charge < -0.3 is 16.4 Å². The Balaban J connectivity index is 2.90. The fourth-order valence-corrected chi connectivity index (χ4v) is 1.46. The van der Waals surface area contributed by atoms with Gasteiger partial charge in [-0.25, -0.2) is 9.97 Å². The fraction of sp³-hybridized carbons (Fsp3) is 0.615. The minimum Gasteiger partial charge on any atom is -0.370 e. The molecule has 1 amide bonds. The van der Waals surface area contributed by atoms with Gasteiger partial charge in [0.15, 0.2) is 0 Å². The van der Waals surface area contributed by atoms with Gasteiger partial charge in [-0.1, -0.05) is 20.8 Å². The number of hydrogen-bond acceptors (Lipinski definition) is 5. The summed E-state index contributed by atoms with van der Waals surface area (Å²) in [6.45, 7) is 9.46. The molecular formula is C13H23N5O. The van der Waals surface area contributed by atoms with E-state index in [1.54, 1.807) is 0 Å². The molecule has 0 fully saturated rings. The molecule has 0 atom stereocenters. The summed E-state index contributed by atoms with van der Waals surface area (Å²) in [6, 6.07) is 1.83. The first-order chi connectivity index (χ1) is 8.82. The number of nitrogens with one attached hydrogen (secondary N) is 2.